The summed E-state index contributed by atoms with van der Waals surface area (Å²) in [5, 5.41) is 3.16. The van der Waals surface area contributed by atoms with E-state index in [1.807, 2.05) is 4.90 Å². The van der Waals surface area contributed by atoms with Crippen LogP contribution in [-0.4, -0.2) is 42.5 Å². The van der Waals surface area contributed by atoms with E-state index in [1.165, 1.54) is 6.20 Å². The van der Waals surface area contributed by atoms with Crippen LogP contribution in [0.1, 0.15) is 11.6 Å². The van der Waals surface area contributed by atoms with Gasteiger partial charge >= 0.3 is 0 Å². The number of nitrogens with zero attached hydrogens (tertiary/aromatic N) is 2. The van der Waals surface area contributed by atoms with Crippen molar-refractivity contribution in [3.8, 4) is 0 Å². The number of pyridine rings is 1. The van der Waals surface area contributed by atoms with Crippen LogP contribution in [0.5, 0.6) is 0 Å². The van der Waals surface area contributed by atoms with Gasteiger partial charge in [0.1, 0.15) is 0 Å². The van der Waals surface area contributed by atoms with Gasteiger partial charge < -0.3 is 5.32 Å². The highest BCUT2D eigenvalue weighted by Crippen LogP contribution is 2.28. The van der Waals surface area contributed by atoms with Gasteiger partial charge in [0, 0.05) is 43.0 Å². The molecular formula is C11H16BrCl2F2N3. The maximum atomic E-state index is 13.2. The first-order valence-electron chi connectivity index (χ1n) is 5.52. The summed E-state index contributed by atoms with van der Waals surface area (Å²) in [6.07, 6.45) is 0.720. The summed E-state index contributed by atoms with van der Waals surface area (Å²) in [7, 11) is 0. The fraction of sp³-hybridized carbons (Fsp3) is 0.545. The van der Waals surface area contributed by atoms with Crippen molar-refractivity contribution in [2.45, 2.75) is 12.5 Å². The molecular weight excluding hydrogens is 363 g/mol. The van der Waals surface area contributed by atoms with Crippen molar-refractivity contribution < 1.29 is 8.78 Å². The molecule has 3 nitrogen and oxygen atoms in total. The Morgan fingerprint density at radius 1 is 1.21 bits per heavy atom. The number of hydrogen-bond donors (Lipinski definition) is 1. The first-order valence-corrected chi connectivity index (χ1v) is 6.31. The molecule has 1 aromatic rings. The molecule has 1 saturated heterocycles. The Morgan fingerprint density at radius 2 is 1.84 bits per heavy atom. The minimum atomic E-state index is -2.40. The van der Waals surface area contributed by atoms with Gasteiger partial charge in [0.25, 0.3) is 6.43 Å². The number of nitrogens with one attached hydrogen (secondary N) is 1. The monoisotopic (exact) mass is 377 g/mol. The molecule has 19 heavy (non-hydrogen) atoms. The van der Waals surface area contributed by atoms with Crippen LogP contribution in [-0.2, 0) is 0 Å². The molecule has 1 aliphatic rings. The molecule has 2 heterocycles. The van der Waals surface area contributed by atoms with Crippen molar-refractivity contribution in [3.05, 3.63) is 28.5 Å². The average Bonchev–Trinajstić information content (AvgIpc) is 2.30. The third kappa shape index (κ3) is 5.11. The number of hydrogen-bond acceptors (Lipinski definition) is 3. The van der Waals surface area contributed by atoms with Gasteiger partial charge in [-0.15, -0.1) is 24.8 Å². The largest absolute Gasteiger partial charge is 0.314 e. The predicted octanol–water partition coefficient (Wildman–Crippen LogP) is 2.90. The zero-order chi connectivity index (χ0) is 12.3. The first-order chi connectivity index (χ1) is 8.18. The van der Waals surface area contributed by atoms with Crippen molar-refractivity contribution in [2.75, 3.05) is 26.2 Å². The Hall–Kier alpha value is -0.0100. The van der Waals surface area contributed by atoms with Crippen LogP contribution < -0.4 is 5.32 Å². The molecule has 8 heteroatoms. The zero-order valence-electron chi connectivity index (χ0n) is 10.1. The second-order valence-electron chi connectivity index (χ2n) is 4.00. The Labute approximate surface area is 132 Å². The van der Waals surface area contributed by atoms with E-state index in [0.717, 1.165) is 17.6 Å². The zero-order valence-corrected chi connectivity index (χ0v) is 13.3. The molecule has 1 fully saturated rings. The topological polar surface area (TPSA) is 28.2 Å². The van der Waals surface area contributed by atoms with E-state index in [-0.39, 0.29) is 24.8 Å². The molecule has 0 saturated carbocycles. The SMILES string of the molecule is Cl.Cl.FC(F)[C@H](c1cncc(Br)c1)N1CCNCC1. The number of piperazine rings is 1. The highest BCUT2D eigenvalue weighted by atomic mass is 79.9. The quantitative estimate of drug-likeness (QED) is 0.876. The van der Waals surface area contributed by atoms with E-state index in [4.69, 9.17) is 0 Å². The minimum absolute atomic E-state index is 0. The van der Waals surface area contributed by atoms with Gasteiger partial charge in [-0.1, -0.05) is 0 Å². The number of halogens is 5. The van der Waals surface area contributed by atoms with Gasteiger partial charge in [-0.05, 0) is 27.6 Å². The van der Waals surface area contributed by atoms with E-state index < -0.39 is 12.5 Å². The first kappa shape index (κ1) is 19.0. The predicted molar refractivity (Wildman–Crippen MR) is 79.6 cm³/mol. The molecule has 1 aromatic heterocycles. The lowest BCUT2D eigenvalue weighted by atomic mass is 10.1. The van der Waals surface area contributed by atoms with E-state index >= 15 is 0 Å². The van der Waals surface area contributed by atoms with Crippen LogP contribution >= 0.6 is 40.7 Å². The lowest BCUT2D eigenvalue weighted by Gasteiger charge is -2.34. The van der Waals surface area contributed by atoms with Crippen molar-refractivity contribution in [1.29, 1.82) is 0 Å². The molecule has 1 aliphatic heterocycles. The van der Waals surface area contributed by atoms with Gasteiger partial charge in [0.2, 0.25) is 0 Å². The Bertz CT molecular complexity index is 379. The van der Waals surface area contributed by atoms with E-state index in [9.17, 15) is 8.78 Å². The minimum Gasteiger partial charge on any atom is -0.314 e. The van der Waals surface area contributed by atoms with Crippen molar-refractivity contribution in [3.63, 3.8) is 0 Å². The third-order valence-electron chi connectivity index (χ3n) is 2.85. The average molecular weight is 379 g/mol. The van der Waals surface area contributed by atoms with Crippen molar-refractivity contribution >= 4 is 40.7 Å². The number of aromatic nitrogens is 1. The third-order valence-corrected chi connectivity index (χ3v) is 3.28. The van der Waals surface area contributed by atoms with E-state index in [1.54, 1.807) is 12.3 Å². The van der Waals surface area contributed by atoms with E-state index in [2.05, 4.69) is 26.2 Å². The van der Waals surface area contributed by atoms with Gasteiger partial charge in [0.15, 0.2) is 0 Å². The molecule has 0 amide bonds. The standard InChI is InChI=1S/C11H14BrF2N3.2ClH/c12-9-5-8(6-16-7-9)10(11(13)14)17-3-1-15-2-4-17;;/h5-7,10-11,15H,1-4H2;2*1H/t10-;;/m0../s1. The molecule has 0 radical (unpaired) electrons. The fourth-order valence-corrected chi connectivity index (χ4v) is 2.45. The van der Waals surface area contributed by atoms with Crippen LogP contribution in [0.15, 0.2) is 22.9 Å². The van der Waals surface area contributed by atoms with Crippen LogP contribution in [0.25, 0.3) is 0 Å². The van der Waals surface area contributed by atoms with Crippen LogP contribution in [0, 0.1) is 0 Å². The summed E-state index contributed by atoms with van der Waals surface area (Å²) < 4.78 is 27.1. The lowest BCUT2D eigenvalue weighted by Crippen LogP contribution is -2.46. The molecule has 0 unspecified atom stereocenters. The molecule has 110 valence electrons. The van der Waals surface area contributed by atoms with Crippen LogP contribution in [0.3, 0.4) is 0 Å². The molecule has 0 bridgehead atoms. The second-order valence-corrected chi connectivity index (χ2v) is 4.92. The Balaban J connectivity index is 0.00000162. The fourth-order valence-electron chi connectivity index (χ4n) is 2.07. The number of rotatable bonds is 3. The second kappa shape index (κ2) is 9.02. The molecule has 2 rings (SSSR count). The Kier molecular flexibility index (Phi) is 9.02. The van der Waals surface area contributed by atoms with Crippen LogP contribution in [0.4, 0.5) is 8.78 Å². The highest BCUT2D eigenvalue weighted by molar-refractivity contribution is 9.10. The maximum Gasteiger partial charge on any atom is 0.258 e. The lowest BCUT2D eigenvalue weighted by molar-refractivity contribution is 0.0180. The summed E-state index contributed by atoms with van der Waals surface area (Å²) in [5.41, 5.74) is 0.566. The molecule has 1 atom stereocenters. The highest BCUT2D eigenvalue weighted by Gasteiger charge is 2.30. The Morgan fingerprint density at radius 3 is 2.37 bits per heavy atom. The van der Waals surface area contributed by atoms with Crippen LogP contribution in [0.2, 0.25) is 0 Å². The molecule has 0 spiro atoms. The molecule has 0 aromatic carbocycles. The van der Waals surface area contributed by atoms with Crippen molar-refractivity contribution in [1.82, 2.24) is 15.2 Å². The maximum absolute atomic E-state index is 13.2. The summed E-state index contributed by atoms with van der Waals surface area (Å²) in [6.45, 7) is 2.79. The van der Waals surface area contributed by atoms with E-state index in [0.29, 0.717) is 18.7 Å². The van der Waals surface area contributed by atoms with Gasteiger partial charge in [-0.25, -0.2) is 8.78 Å². The van der Waals surface area contributed by atoms with Gasteiger partial charge in [-0.2, -0.15) is 0 Å². The summed E-state index contributed by atoms with van der Waals surface area (Å²) in [5.74, 6) is 0. The molecule has 0 aliphatic carbocycles. The smallest absolute Gasteiger partial charge is 0.258 e. The summed E-state index contributed by atoms with van der Waals surface area (Å²) >= 11 is 3.27. The van der Waals surface area contributed by atoms with Gasteiger partial charge in [0.05, 0.1) is 6.04 Å². The van der Waals surface area contributed by atoms with Crippen molar-refractivity contribution in [2.24, 2.45) is 0 Å². The summed E-state index contributed by atoms with van der Waals surface area (Å²) in [6, 6.07) is 0.855. The molecule has 1 N–H and O–H groups in total. The summed E-state index contributed by atoms with van der Waals surface area (Å²) in [4.78, 5) is 5.77. The normalized spacial score (nSPS) is 17.5. The number of alkyl halides is 2. The van der Waals surface area contributed by atoms with Gasteiger partial charge in [-0.3, -0.25) is 9.88 Å².